The first-order valence-corrected chi connectivity index (χ1v) is 9.33. The number of benzene rings is 1. The molecule has 3 heterocycles. The Morgan fingerprint density at radius 1 is 1.11 bits per heavy atom. The number of nitrogens with zero attached hydrogens (tertiary/aromatic N) is 5. The number of ether oxygens (including phenoxy) is 1. The molecule has 4 rings (SSSR count). The number of carbonyl (C=O) groups excluding carboxylic acids is 2. The first-order chi connectivity index (χ1) is 13.5. The van der Waals surface area contributed by atoms with Gasteiger partial charge in [-0.25, -0.2) is 14.7 Å². The molecule has 9 heteroatoms. The van der Waals surface area contributed by atoms with Crippen LogP contribution in [0.1, 0.15) is 33.5 Å². The lowest BCUT2D eigenvalue weighted by Gasteiger charge is -2.41. The van der Waals surface area contributed by atoms with Crippen LogP contribution in [0.5, 0.6) is 5.75 Å². The van der Waals surface area contributed by atoms with E-state index in [1.807, 2.05) is 29.3 Å². The highest BCUT2D eigenvalue weighted by Gasteiger charge is 2.36. The molecule has 1 aromatic heterocycles. The fraction of sp³-hybridized carbons (Fsp3) is 0.421. The van der Waals surface area contributed by atoms with Crippen LogP contribution < -0.4 is 10.6 Å². The lowest BCUT2D eigenvalue weighted by Crippen LogP contribution is -2.58. The molecule has 2 aliphatic heterocycles. The molecule has 2 N–H and O–H groups in total. The molecule has 0 saturated carbocycles. The van der Waals surface area contributed by atoms with Gasteiger partial charge in [-0.15, -0.1) is 0 Å². The number of ketones is 1. The minimum absolute atomic E-state index is 0.137. The second-order valence-electron chi connectivity index (χ2n) is 7.01. The van der Waals surface area contributed by atoms with Crippen LogP contribution in [0.4, 0.5) is 0 Å². The van der Waals surface area contributed by atoms with E-state index in [9.17, 15) is 9.59 Å². The van der Waals surface area contributed by atoms with Crippen molar-refractivity contribution in [3.63, 3.8) is 0 Å². The van der Waals surface area contributed by atoms with Gasteiger partial charge >= 0.3 is 0 Å². The average Bonchev–Trinajstić information content (AvgIpc) is 3.10. The molecule has 9 nitrogen and oxygen atoms in total. The summed E-state index contributed by atoms with van der Waals surface area (Å²) >= 11 is 0. The van der Waals surface area contributed by atoms with Crippen molar-refractivity contribution < 1.29 is 14.3 Å². The highest BCUT2D eigenvalue weighted by molar-refractivity contribution is 6.01. The predicted octanol–water partition coefficient (Wildman–Crippen LogP) is 0.488. The summed E-state index contributed by atoms with van der Waals surface area (Å²) in [6, 6.07) is 7.27. The number of Topliss-reactive ketones (excluding diaryl/α,β-unsaturated/α-hetero) is 1. The largest absolute Gasteiger partial charge is 0.497 e. The van der Waals surface area contributed by atoms with Gasteiger partial charge in [-0.2, -0.15) is 5.10 Å². The minimum atomic E-state index is -0.137. The fourth-order valence-corrected chi connectivity index (χ4v) is 3.76. The number of hydrogen-bond donors (Lipinski definition) is 1. The SMILES string of the molecule is COc1ccc(-n2nc(C(C)=O)c3c2C(=O)N(N2CCN(N)CC2)CC3)cc1. The Hall–Kier alpha value is -2.75. The van der Waals surface area contributed by atoms with Gasteiger partial charge in [-0.05, 0) is 30.7 Å². The van der Waals surface area contributed by atoms with Crippen LogP contribution in [0.15, 0.2) is 24.3 Å². The number of rotatable bonds is 4. The van der Waals surface area contributed by atoms with Crippen molar-refractivity contribution >= 4 is 11.7 Å². The molecular weight excluding hydrogens is 360 g/mol. The highest BCUT2D eigenvalue weighted by Crippen LogP contribution is 2.27. The second-order valence-corrected chi connectivity index (χ2v) is 7.01. The predicted molar refractivity (Wildman–Crippen MR) is 102 cm³/mol. The van der Waals surface area contributed by atoms with E-state index >= 15 is 0 Å². The minimum Gasteiger partial charge on any atom is -0.497 e. The lowest BCUT2D eigenvalue weighted by atomic mass is 10.0. The van der Waals surface area contributed by atoms with Gasteiger partial charge in [0.1, 0.15) is 17.1 Å². The summed E-state index contributed by atoms with van der Waals surface area (Å²) in [7, 11) is 1.60. The van der Waals surface area contributed by atoms with Gasteiger partial charge in [0.2, 0.25) is 0 Å². The summed E-state index contributed by atoms with van der Waals surface area (Å²) in [5.41, 5.74) is 2.26. The fourth-order valence-electron chi connectivity index (χ4n) is 3.76. The number of methoxy groups -OCH3 is 1. The summed E-state index contributed by atoms with van der Waals surface area (Å²) in [6.45, 7) is 4.80. The smallest absolute Gasteiger partial charge is 0.287 e. The number of piperazine rings is 1. The van der Waals surface area contributed by atoms with Crippen LogP contribution in [-0.4, -0.2) is 76.3 Å². The number of fused-ring (bicyclic) bond motifs is 1. The summed E-state index contributed by atoms with van der Waals surface area (Å²) in [4.78, 5) is 25.5. The van der Waals surface area contributed by atoms with Crippen molar-refractivity contribution in [2.24, 2.45) is 5.84 Å². The van der Waals surface area contributed by atoms with Crippen molar-refractivity contribution in [1.29, 1.82) is 0 Å². The van der Waals surface area contributed by atoms with Crippen LogP contribution in [0, 0.1) is 0 Å². The second kappa shape index (κ2) is 7.34. The maximum atomic E-state index is 13.4. The molecule has 2 aromatic rings. The van der Waals surface area contributed by atoms with Gasteiger partial charge in [0.15, 0.2) is 5.78 Å². The molecule has 1 amide bonds. The molecule has 0 unspecified atom stereocenters. The monoisotopic (exact) mass is 384 g/mol. The number of hydrazine groups is 2. The maximum Gasteiger partial charge on any atom is 0.287 e. The van der Waals surface area contributed by atoms with Gasteiger partial charge < -0.3 is 4.74 Å². The van der Waals surface area contributed by atoms with E-state index in [0.717, 1.165) is 5.56 Å². The van der Waals surface area contributed by atoms with Gasteiger partial charge in [0.05, 0.1) is 12.8 Å². The van der Waals surface area contributed by atoms with Crippen LogP contribution in [-0.2, 0) is 6.42 Å². The van der Waals surface area contributed by atoms with E-state index in [2.05, 4.69) is 5.10 Å². The summed E-state index contributed by atoms with van der Waals surface area (Å²) in [5, 5.41) is 10.0. The van der Waals surface area contributed by atoms with E-state index in [1.54, 1.807) is 21.8 Å². The lowest BCUT2D eigenvalue weighted by molar-refractivity contribution is -0.0401. The molecule has 0 aliphatic carbocycles. The number of nitrogens with two attached hydrogens (primary N) is 1. The van der Waals surface area contributed by atoms with Gasteiger partial charge in [0.25, 0.3) is 5.91 Å². The molecule has 0 spiro atoms. The van der Waals surface area contributed by atoms with E-state index in [1.165, 1.54) is 6.92 Å². The van der Waals surface area contributed by atoms with Crippen LogP contribution in [0.3, 0.4) is 0 Å². The first-order valence-electron chi connectivity index (χ1n) is 9.33. The first kappa shape index (κ1) is 18.6. The summed E-state index contributed by atoms with van der Waals surface area (Å²) < 4.78 is 6.79. The standard InChI is InChI=1S/C19H24N6O3/c1-13(26)17-16-7-8-24(23-11-9-22(20)10-12-23)19(27)18(16)25(21-17)14-3-5-15(28-2)6-4-14/h3-6H,7-12,20H2,1-2H3. The highest BCUT2D eigenvalue weighted by atomic mass is 16.5. The summed E-state index contributed by atoms with van der Waals surface area (Å²) in [5.74, 6) is 6.28. The molecule has 0 bridgehead atoms. The van der Waals surface area contributed by atoms with Crippen LogP contribution in [0.25, 0.3) is 5.69 Å². The maximum absolute atomic E-state index is 13.4. The van der Waals surface area contributed by atoms with Crippen molar-refractivity contribution in [2.45, 2.75) is 13.3 Å². The van der Waals surface area contributed by atoms with E-state index < -0.39 is 0 Å². The van der Waals surface area contributed by atoms with E-state index in [4.69, 9.17) is 10.6 Å². The number of hydrogen-bond acceptors (Lipinski definition) is 7. The number of carbonyl (C=O) groups is 2. The van der Waals surface area contributed by atoms with Crippen molar-refractivity contribution in [1.82, 2.24) is 24.8 Å². The zero-order valence-electron chi connectivity index (χ0n) is 16.1. The third-order valence-corrected chi connectivity index (χ3v) is 5.28. The molecule has 0 atom stereocenters. The Labute approximate surface area is 163 Å². The van der Waals surface area contributed by atoms with Crippen LogP contribution in [0.2, 0.25) is 0 Å². The Bertz CT molecular complexity index is 899. The van der Waals surface area contributed by atoms with E-state index in [-0.39, 0.29) is 11.7 Å². The molecule has 148 valence electrons. The molecule has 28 heavy (non-hydrogen) atoms. The van der Waals surface area contributed by atoms with Crippen molar-refractivity contribution in [2.75, 3.05) is 39.8 Å². The zero-order valence-corrected chi connectivity index (χ0v) is 16.1. The quantitative estimate of drug-likeness (QED) is 0.605. The molecule has 1 fully saturated rings. The van der Waals surface area contributed by atoms with Gasteiger partial charge in [-0.3, -0.25) is 20.4 Å². The van der Waals surface area contributed by atoms with E-state index in [0.29, 0.717) is 62.0 Å². The molecular formula is C19H24N6O3. The Morgan fingerprint density at radius 3 is 2.39 bits per heavy atom. The molecule has 1 aromatic carbocycles. The molecule has 2 aliphatic rings. The van der Waals surface area contributed by atoms with Crippen molar-refractivity contribution in [3.8, 4) is 11.4 Å². The number of amides is 1. The normalized spacial score (nSPS) is 18.2. The third-order valence-electron chi connectivity index (χ3n) is 5.28. The molecule has 1 saturated heterocycles. The molecule has 0 radical (unpaired) electrons. The third kappa shape index (κ3) is 3.17. The van der Waals surface area contributed by atoms with Crippen LogP contribution >= 0.6 is 0 Å². The summed E-state index contributed by atoms with van der Waals surface area (Å²) in [6.07, 6.45) is 0.592. The number of aromatic nitrogens is 2. The zero-order chi connectivity index (χ0) is 19.8. The topological polar surface area (TPSA) is 96.9 Å². The van der Waals surface area contributed by atoms with Gasteiger partial charge in [-0.1, -0.05) is 0 Å². The Morgan fingerprint density at radius 2 is 1.79 bits per heavy atom. The average molecular weight is 384 g/mol. The Kier molecular flexibility index (Phi) is 4.88. The van der Waals surface area contributed by atoms with Gasteiger partial charge in [0, 0.05) is 45.2 Å². The Balaban J connectivity index is 1.74. The van der Waals surface area contributed by atoms with Crippen molar-refractivity contribution in [3.05, 3.63) is 41.2 Å².